The van der Waals surface area contributed by atoms with E-state index in [1.54, 1.807) is 14.2 Å². The van der Waals surface area contributed by atoms with E-state index >= 15 is 0 Å². The third-order valence-corrected chi connectivity index (χ3v) is 4.77. The molecule has 18 heavy (non-hydrogen) atoms. The van der Waals surface area contributed by atoms with Gasteiger partial charge in [-0.1, -0.05) is 6.92 Å². The Hall–Kier alpha value is -0.160. The first-order valence-corrected chi connectivity index (χ1v) is 7.16. The molecule has 2 rings (SSSR count). The molecule has 1 heterocycles. The maximum absolute atomic E-state index is 5.54. The maximum atomic E-state index is 5.54. The third-order valence-electron chi connectivity index (χ3n) is 4.77. The highest BCUT2D eigenvalue weighted by Gasteiger charge is 2.40. The minimum atomic E-state index is 0.227. The molecule has 0 bridgehead atoms. The van der Waals surface area contributed by atoms with E-state index in [0.717, 1.165) is 19.0 Å². The lowest BCUT2D eigenvalue weighted by Gasteiger charge is -2.40. The van der Waals surface area contributed by atoms with E-state index in [2.05, 4.69) is 24.2 Å². The minimum absolute atomic E-state index is 0.227. The summed E-state index contributed by atoms with van der Waals surface area (Å²) in [5.74, 6) is 0.835. The molecule has 4 nitrogen and oxygen atoms in total. The van der Waals surface area contributed by atoms with Crippen LogP contribution in [0.15, 0.2) is 0 Å². The molecule has 0 amide bonds. The minimum Gasteiger partial charge on any atom is -0.377 e. The van der Waals surface area contributed by atoms with Crippen LogP contribution in [-0.2, 0) is 9.47 Å². The van der Waals surface area contributed by atoms with Crippen LogP contribution >= 0.6 is 0 Å². The zero-order valence-corrected chi connectivity index (χ0v) is 12.2. The summed E-state index contributed by atoms with van der Waals surface area (Å²) in [6.07, 6.45) is 4.37. The fraction of sp³-hybridized carbons (Fsp3) is 1.00. The Morgan fingerprint density at radius 1 is 1.06 bits per heavy atom. The van der Waals surface area contributed by atoms with Crippen LogP contribution in [0.25, 0.3) is 0 Å². The number of rotatable bonds is 4. The van der Waals surface area contributed by atoms with Crippen LogP contribution < -0.4 is 5.32 Å². The Morgan fingerprint density at radius 2 is 1.67 bits per heavy atom. The van der Waals surface area contributed by atoms with Gasteiger partial charge in [0, 0.05) is 39.4 Å². The smallest absolute Gasteiger partial charge is 0.0971 e. The molecule has 4 heteroatoms. The lowest BCUT2D eigenvalue weighted by molar-refractivity contribution is -0.00461. The first kappa shape index (κ1) is 14.3. The number of ether oxygens (including phenoxy) is 2. The van der Waals surface area contributed by atoms with Crippen LogP contribution in [0.1, 0.15) is 26.2 Å². The molecule has 5 atom stereocenters. The molecule has 0 aromatic rings. The molecule has 106 valence electrons. The van der Waals surface area contributed by atoms with Gasteiger partial charge in [-0.25, -0.2) is 0 Å². The van der Waals surface area contributed by atoms with Crippen molar-refractivity contribution < 1.29 is 9.47 Å². The highest BCUT2D eigenvalue weighted by molar-refractivity contribution is 4.96. The van der Waals surface area contributed by atoms with E-state index in [-0.39, 0.29) is 12.2 Å². The number of likely N-dealkylation sites (N-methyl/N-ethyl adjacent to an activating group) is 1. The highest BCUT2D eigenvalue weighted by atomic mass is 16.5. The van der Waals surface area contributed by atoms with Crippen LogP contribution in [0.3, 0.4) is 0 Å². The second-order valence-electron chi connectivity index (χ2n) is 5.88. The SMILES string of the molecule is CNC1CCC(C)CC1N1CC(OC)C(OC)C1. The van der Waals surface area contributed by atoms with Crippen molar-refractivity contribution >= 4 is 0 Å². The predicted octanol–water partition coefficient (Wildman–Crippen LogP) is 1.11. The Kier molecular flexibility index (Phi) is 5.01. The van der Waals surface area contributed by atoms with Crippen molar-refractivity contribution in [3.8, 4) is 0 Å². The van der Waals surface area contributed by atoms with Crippen molar-refractivity contribution in [1.82, 2.24) is 10.2 Å². The summed E-state index contributed by atoms with van der Waals surface area (Å²) < 4.78 is 11.1. The molecule has 1 aliphatic heterocycles. The van der Waals surface area contributed by atoms with Gasteiger partial charge in [0.1, 0.15) is 0 Å². The molecule has 0 aromatic heterocycles. The summed E-state index contributed by atoms with van der Waals surface area (Å²) in [7, 11) is 5.67. The molecule has 1 saturated carbocycles. The molecule has 2 aliphatic rings. The van der Waals surface area contributed by atoms with Gasteiger partial charge >= 0.3 is 0 Å². The number of methoxy groups -OCH3 is 2. The Balaban J connectivity index is 2.01. The van der Waals surface area contributed by atoms with Crippen molar-refractivity contribution in [3.63, 3.8) is 0 Å². The average molecular weight is 256 g/mol. The van der Waals surface area contributed by atoms with Crippen molar-refractivity contribution in [3.05, 3.63) is 0 Å². The first-order chi connectivity index (χ1) is 8.69. The molecule has 0 radical (unpaired) electrons. The number of hydrogen-bond donors (Lipinski definition) is 1. The van der Waals surface area contributed by atoms with Crippen LogP contribution in [0.2, 0.25) is 0 Å². The van der Waals surface area contributed by atoms with Gasteiger partial charge in [0.25, 0.3) is 0 Å². The van der Waals surface area contributed by atoms with E-state index in [1.165, 1.54) is 19.3 Å². The second kappa shape index (κ2) is 6.33. The van der Waals surface area contributed by atoms with Crippen molar-refractivity contribution in [2.24, 2.45) is 5.92 Å². The van der Waals surface area contributed by atoms with Gasteiger partial charge in [-0.15, -0.1) is 0 Å². The molecule has 5 unspecified atom stereocenters. The van der Waals surface area contributed by atoms with Crippen molar-refractivity contribution in [2.75, 3.05) is 34.4 Å². The highest BCUT2D eigenvalue weighted by Crippen LogP contribution is 2.30. The van der Waals surface area contributed by atoms with E-state index in [9.17, 15) is 0 Å². The zero-order valence-electron chi connectivity index (χ0n) is 12.2. The number of nitrogens with zero attached hydrogens (tertiary/aromatic N) is 1. The summed E-state index contributed by atoms with van der Waals surface area (Å²) in [6, 6.07) is 1.26. The first-order valence-electron chi connectivity index (χ1n) is 7.16. The summed E-state index contributed by atoms with van der Waals surface area (Å²) in [5.41, 5.74) is 0. The van der Waals surface area contributed by atoms with Gasteiger partial charge in [-0.3, -0.25) is 4.90 Å². The fourth-order valence-electron chi connectivity index (χ4n) is 3.59. The maximum Gasteiger partial charge on any atom is 0.0971 e. The van der Waals surface area contributed by atoms with E-state index in [4.69, 9.17) is 9.47 Å². The van der Waals surface area contributed by atoms with Crippen LogP contribution in [-0.4, -0.2) is 63.5 Å². The van der Waals surface area contributed by atoms with Gasteiger partial charge < -0.3 is 14.8 Å². The van der Waals surface area contributed by atoms with Crippen LogP contribution in [0.4, 0.5) is 0 Å². The Morgan fingerprint density at radius 3 is 2.17 bits per heavy atom. The molecular weight excluding hydrogens is 228 g/mol. The fourth-order valence-corrected chi connectivity index (χ4v) is 3.59. The molecule has 0 spiro atoms. The topological polar surface area (TPSA) is 33.7 Å². The van der Waals surface area contributed by atoms with Crippen molar-refractivity contribution in [1.29, 1.82) is 0 Å². The molecular formula is C14H28N2O2. The standard InChI is InChI=1S/C14H28N2O2/c1-10-5-6-11(15-2)12(7-10)16-8-13(17-3)14(9-16)18-4/h10-15H,5-9H2,1-4H3. The Labute approximate surface area is 111 Å². The number of nitrogens with one attached hydrogen (secondary N) is 1. The van der Waals surface area contributed by atoms with Gasteiger partial charge in [-0.05, 0) is 32.2 Å². The molecule has 2 fully saturated rings. The van der Waals surface area contributed by atoms with Gasteiger partial charge in [0.2, 0.25) is 0 Å². The lowest BCUT2D eigenvalue weighted by Crippen LogP contribution is -2.51. The summed E-state index contributed by atoms with van der Waals surface area (Å²) >= 11 is 0. The Bertz CT molecular complexity index is 250. The molecule has 1 aliphatic carbocycles. The summed E-state index contributed by atoms with van der Waals surface area (Å²) in [6.45, 7) is 4.38. The van der Waals surface area contributed by atoms with Crippen molar-refractivity contribution in [2.45, 2.75) is 50.5 Å². The quantitative estimate of drug-likeness (QED) is 0.817. The third kappa shape index (κ3) is 2.87. The normalized spacial score (nSPS) is 42.3. The van der Waals surface area contributed by atoms with Gasteiger partial charge in [0.15, 0.2) is 0 Å². The summed E-state index contributed by atoms with van der Waals surface area (Å²) in [4.78, 5) is 2.57. The number of likely N-dealkylation sites (tertiary alicyclic amines) is 1. The van der Waals surface area contributed by atoms with E-state index in [1.807, 2.05) is 0 Å². The van der Waals surface area contributed by atoms with Crippen LogP contribution in [0.5, 0.6) is 0 Å². The largest absolute Gasteiger partial charge is 0.377 e. The number of hydrogen-bond acceptors (Lipinski definition) is 4. The average Bonchev–Trinajstić information content (AvgIpc) is 2.81. The predicted molar refractivity (Wildman–Crippen MR) is 72.8 cm³/mol. The lowest BCUT2D eigenvalue weighted by atomic mass is 9.82. The molecule has 0 aromatic carbocycles. The monoisotopic (exact) mass is 256 g/mol. The van der Waals surface area contributed by atoms with E-state index in [0.29, 0.717) is 12.1 Å². The second-order valence-corrected chi connectivity index (χ2v) is 5.88. The van der Waals surface area contributed by atoms with E-state index < -0.39 is 0 Å². The molecule has 1 N–H and O–H groups in total. The van der Waals surface area contributed by atoms with Gasteiger partial charge in [-0.2, -0.15) is 0 Å². The van der Waals surface area contributed by atoms with Gasteiger partial charge in [0.05, 0.1) is 12.2 Å². The molecule has 1 saturated heterocycles. The van der Waals surface area contributed by atoms with Crippen LogP contribution in [0, 0.1) is 5.92 Å². The zero-order chi connectivity index (χ0) is 13.1. The summed E-state index contributed by atoms with van der Waals surface area (Å²) in [5, 5.41) is 3.49.